The van der Waals surface area contributed by atoms with Crippen LogP contribution in [0.1, 0.15) is 97.3 Å². The molecule has 0 aromatic rings. The molecular formula is C18H34O2S2. The first-order valence-electron chi connectivity index (χ1n) is 9.06. The third-order valence-electron chi connectivity index (χ3n) is 3.74. The molecule has 0 radical (unpaired) electrons. The van der Waals surface area contributed by atoms with Gasteiger partial charge in [0.1, 0.15) is 6.29 Å². The zero-order valence-corrected chi connectivity index (χ0v) is 16.1. The van der Waals surface area contributed by atoms with Crippen molar-refractivity contribution >= 4 is 33.0 Å². The van der Waals surface area contributed by atoms with Crippen molar-refractivity contribution in [3.05, 3.63) is 0 Å². The number of hydrogen-bond donors (Lipinski definition) is 0. The largest absolute Gasteiger partial charge is 0.302 e. The number of carbonyl (C=O) groups is 2. The van der Waals surface area contributed by atoms with Crippen LogP contribution in [0.4, 0.5) is 0 Å². The van der Waals surface area contributed by atoms with E-state index in [1.165, 1.54) is 73.0 Å². The number of rotatable bonds is 16. The lowest BCUT2D eigenvalue weighted by atomic mass is 10.1. The highest BCUT2D eigenvalue weighted by Crippen LogP contribution is 2.31. The fourth-order valence-corrected chi connectivity index (χ4v) is 4.43. The van der Waals surface area contributed by atoms with Gasteiger partial charge in [-0.05, 0) is 23.6 Å². The maximum Gasteiger partial charge on any atom is 0.199 e. The van der Waals surface area contributed by atoms with E-state index in [0.717, 1.165) is 32.0 Å². The van der Waals surface area contributed by atoms with Gasteiger partial charge in [-0.2, -0.15) is 0 Å². The van der Waals surface area contributed by atoms with E-state index in [2.05, 4.69) is 13.8 Å². The number of carbonyl (C=O) groups excluding carboxylic acids is 2. The highest BCUT2D eigenvalue weighted by molar-refractivity contribution is 8.82. The van der Waals surface area contributed by atoms with E-state index in [0.29, 0.717) is 6.42 Å². The maximum atomic E-state index is 11.8. The predicted molar refractivity (Wildman–Crippen MR) is 101 cm³/mol. The van der Waals surface area contributed by atoms with Crippen LogP contribution in [0, 0.1) is 0 Å². The van der Waals surface area contributed by atoms with Gasteiger partial charge in [0, 0.05) is 6.42 Å². The molecule has 0 aliphatic heterocycles. The number of hydrogen-bond acceptors (Lipinski definition) is 4. The predicted octanol–water partition coefficient (Wildman–Crippen LogP) is 6.57. The molecule has 0 fully saturated rings. The van der Waals surface area contributed by atoms with Crippen LogP contribution < -0.4 is 0 Å². The van der Waals surface area contributed by atoms with Crippen molar-refractivity contribution < 1.29 is 9.59 Å². The minimum absolute atomic E-state index is 0.0138. The minimum Gasteiger partial charge on any atom is -0.302 e. The molecule has 0 aliphatic carbocycles. The molecule has 0 rings (SSSR count). The summed E-state index contributed by atoms with van der Waals surface area (Å²) in [5, 5.41) is 0.221. The van der Waals surface area contributed by atoms with Crippen LogP contribution in [0.25, 0.3) is 0 Å². The van der Waals surface area contributed by atoms with Gasteiger partial charge in [-0.15, -0.1) is 0 Å². The molecule has 0 N–H and O–H groups in total. The lowest BCUT2D eigenvalue weighted by Gasteiger charge is -2.08. The Balaban J connectivity index is 3.53. The zero-order valence-electron chi connectivity index (χ0n) is 14.5. The van der Waals surface area contributed by atoms with E-state index < -0.39 is 0 Å². The molecule has 1 unspecified atom stereocenters. The molecule has 0 saturated carbocycles. The van der Waals surface area contributed by atoms with Crippen molar-refractivity contribution in [2.75, 3.05) is 0 Å². The molecule has 0 saturated heterocycles. The van der Waals surface area contributed by atoms with Crippen molar-refractivity contribution in [3.8, 4) is 0 Å². The first-order chi connectivity index (χ1) is 10.7. The van der Waals surface area contributed by atoms with Crippen molar-refractivity contribution in [1.29, 1.82) is 0 Å². The van der Waals surface area contributed by atoms with E-state index in [4.69, 9.17) is 0 Å². The lowest BCUT2D eigenvalue weighted by Crippen LogP contribution is -2.03. The molecule has 4 heteroatoms. The van der Waals surface area contributed by atoms with Crippen molar-refractivity contribution in [1.82, 2.24) is 0 Å². The summed E-state index contributed by atoms with van der Waals surface area (Å²) in [4.78, 5) is 22.8. The first kappa shape index (κ1) is 22.0. The summed E-state index contributed by atoms with van der Waals surface area (Å²) >= 11 is 0. The van der Waals surface area contributed by atoms with Crippen LogP contribution >= 0.6 is 21.6 Å². The second-order valence-electron chi connectivity index (χ2n) is 5.95. The molecule has 22 heavy (non-hydrogen) atoms. The highest BCUT2D eigenvalue weighted by Gasteiger charge is 2.11. The van der Waals surface area contributed by atoms with Gasteiger partial charge in [-0.3, -0.25) is 4.79 Å². The summed E-state index contributed by atoms with van der Waals surface area (Å²) in [6.45, 7) is 4.42. The highest BCUT2D eigenvalue weighted by atomic mass is 33.1. The SMILES string of the molecule is CCCCCCCCC(=O)SSC(C=O)CCCCCCC. The van der Waals surface area contributed by atoms with E-state index in [1.54, 1.807) is 0 Å². The van der Waals surface area contributed by atoms with Gasteiger partial charge in [-0.25, -0.2) is 0 Å². The van der Waals surface area contributed by atoms with E-state index in [-0.39, 0.29) is 10.4 Å². The van der Waals surface area contributed by atoms with Crippen molar-refractivity contribution in [2.24, 2.45) is 0 Å². The maximum absolute atomic E-state index is 11.8. The summed E-state index contributed by atoms with van der Waals surface area (Å²) in [5.74, 6) is 0. The van der Waals surface area contributed by atoms with E-state index in [1.807, 2.05) is 0 Å². The van der Waals surface area contributed by atoms with Gasteiger partial charge in [-0.1, -0.05) is 88.8 Å². The lowest BCUT2D eigenvalue weighted by molar-refractivity contribution is -0.111. The normalized spacial score (nSPS) is 12.3. The molecule has 0 amide bonds. The van der Waals surface area contributed by atoms with Gasteiger partial charge >= 0.3 is 0 Å². The molecule has 0 bridgehead atoms. The van der Waals surface area contributed by atoms with Gasteiger partial charge < -0.3 is 4.79 Å². The average Bonchev–Trinajstić information content (AvgIpc) is 2.53. The molecular weight excluding hydrogens is 312 g/mol. The van der Waals surface area contributed by atoms with E-state index in [9.17, 15) is 9.59 Å². The van der Waals surface area contributed by atoms with Crippen molar-refractivity contribution in [3.63, 3.8) is 0 Å². The van der Waals surface area contributed by atoms with Gasteiger partial charge in [0.25, 0.3) is 0 Å². The van der Waals surface area contributed by atoms with Crippen LogP contribution in [0.3, 0.4) is 0 Å². The van der Waals surface area contributed by atoms with Crippen molar-refractivity contribution in [2.45, 2.75) is 103 Å². The van der Waals surface area contributed by atoms with Gasteiger partial charge in [0.05, 0.1) is 5.25 Å². The molecule has 2 nitrogen and oxygen atoms in total. The molecule has 0 aromatic carbocycles. The number of aldehydes is 1. The van der Waals surface area contributed by atoms with E-state index >= 15 is 0 Å². The molecule has 0 aromatic heterocycles. The fourth-order valence-electron chi connectivity index (χ4n) is 2.29. The molecule has 0 heterocycles. The molecule has 0 spiro atoms. The monoisotopic (exact) mass is 346 g/mol. The van der Waals surface area contributed by atoms with Crippen LogP contribution in [-0.4, -0.2) is 16.7 Å². The summed E-state index contributed by atoms with van der Waals surface area (Å²) in [6, 6.07) is 0. The topological polar surface area (TPSA) is 34.1 Å². The quantitative estimate of drug-likeness (QED) is 0.180. The summed E-state index contributed by atoms with van der Waals surface area (Å²) in [7, 11) is 2.76. The fraction of sp³-hybridized carbons (Fsp3) is 0.889. The summed E-state index contributed by atoms with van der Waals surface area (Å²) < 4.78 is 0. The molecule has 1 atom stereocenters. The first-order valence-corrected chi connectivity index (χ1v) is 11.3. The Bertz CT molecular complexity index is 270. The third-order valence-corrected chi connectivity index (χ3v) is 6.41. The zero-order chi connectivity index (χ0) is 16.5. The second kappa shape index (κ2) is 17.4. The van der Waals surface area contributed by atoms with Crippen LogP contribution in [0.5, 0.6) is 0 Å². The van der Waals surface area contributed by atoms with Gasteiger partial charge in [0.2, 0.25) is 0 Å². The summed E-state index contributed by atoms with van der Waals surface area (Å²) in [6.07, 6.45) is 15.9. The Morgan fingerprint density at radius 1 is 0.864 bits per heavy atom. The van der Waals surface area contributed by atoms with Crippen LogP contribution in [0.2, 0.25) is 0 Å². The summed E-state index contributed by atoms with van der Waals surface area (Å²) in [5.41, 5.74) is 0. The average molecular weight is 347 g/mol. The minimum atomic E-state index is -0.0138. The Morgan fingerprint density at radius 3 is 2.00 bits per heavy atom. The van der Waals surface area contributed by atoms with Crippen LogP contribution in [-0.2, 0) is 9.59 Å². The smallest absolute Gasteiger partial charge is 0.199 e. The number of unbranched alkanes of at least 4 members (excludes halogenated alkanes) is 9. The molecule has 0 aliphatic rings. The van der Waals surface area contributed by atoms with Gasteiger partial charge in [0.15, 0.2) is 5.12 Å². The third kappa shape index (κ3) is 15.0. The van der Waals surface area contributed by atoms with Crippen LogP contribution in [0.15, 0.2) is 0 Å². The second-order valence-corrected chi connectivity index (χ2v) is 8.44. The Kier molecular flexibility index (Phi) is 17.4. The Morgan fingerprint density at radius 2 is 1.41 bits per heavy atom. The standard InChI is InChI=1S/C18H34O2S2/c1-3-5-7-9-11-13-15-18(20)22-21-17(16-19)14-12-10-8-6-4-2/h16-17H,3-15H2,1-2H3. The molecule has 130 valence electrons. The Labute approximate surface area is 145 Å². The Hall–Kier alpha value is 0.0400.